The molecular weight excluding hydrogens is 238 g/mol. The van der Waals surface area contributed by atoms with Gasteiger partial charge in [-0.25, -0.2) is 9.97 Å². The second-order valence-corrected chi connectivity index (χ2v) is 5.76. The monoisotopic (exact) mass is 263 g/mol. The number of aromatic nitrogens is 2. The van der Waals surface area contributed by atoms with Crippen LogP contribution in [0, 0.1) is 6.92 Å². The minimum Gasteiger partial charge on any atom is -0.370 e. The second-order valence-electron chi connectivity index (χ2n) is 5.76. The lowest BCUT2D eigenvalue weighted by Crippen LogP contribution is -2.34. The van der Waals surface area contributed by atoms with Gasteiger partial charge in [-0.05, 0) is 32.8 Å². The van der Waals surface area contributed by atoms with Crippen LogP contribution in [0.5, 0.6) is 0 Å². The van der Waals surface area contributed by atoms with E-state index in [0.717, 1.165) is 36.5 Å². The molecule has 0 bridgehead atoms. The Bertz CT molecular complexity index is 425. The average molecular weight is 263 g/mol. The zero-order valence-corrected chi connectivity index (χ0v) is 12.3. The zero-order chi connectivity index (χ0) is 13.9. The maximum Gasteiger partial charge on any atom is 0.160 e. The molecule has 4 heteroatoms. The van der Waals surface area contributed by atoms with Crippen molar-refractivity contribution in [2.75, 3.05) is 7.11 Å². The summed E-state index contributed by atoms with van der Waals surface area (Å²) < 4.78 is 5.82. The maximum atomic E-state index is 5.88. The molecule has 0 aromatic carbocycles. The molecule has 0 radical (unpaired) electrons. The largest absolute Gasteiger partial charge is 0.370 e. The van der Waals surface area contributed by atoms with Gasteiger partial charge in [0, 0.05) is 31.0 Å². The summed E-state index contributed by atoms with van der Waals surface area (Å²) in [4.78, 5) is 9.36. The highest BCUT2D eigenvalue weighted by atomic mass is 16.5. The quantitative estimate of drug-likeness (QED) is 0.906. The first kappa shape index (κ1) is 14.4. The lowest BCUT2D eigenvalue weighted by atomic mass is 9.83. The van der Waals surface area contributed by atoms with Crippen molar-refractivity contribution in [3.63, 3.8) is 0 Å². The zero-order valence-electron chi connectivity index (χ0n) is 12.3. The third-order valence-corrected chi connectivity index (χ3v) is 3.90. The molecule has 4 nitrogen and oxygen atoms in total. The minimum absolute atomic E-state index is 0.118. The fourth-order valence-electron chi connectivity index (χ4n) is 2.91. The van der Waals surface area contributed by atoms with Crippen molar-refractivity contribution in [2.45, 2.75) is 64.0 Å². The highest BCUT2D eigenvalue weighted by Gasteiger charge is 2.37. The SMILES string of the molecule is COC1(c2nc(C)cc(CC(C)N)n2)CCCCC1. The van der Waals surface area contributed by atoms with Crippen LogP contribution < -0.4 is 5.73 Å². The van der Waals surface area contributed by atoms with E-state index in [4.69, 9.17) is 15.5 Å². The Morgan fingerprint density at radius 3 is 2.58 bits per heavy atom. The summed E-state index contributed by atoms with van der Waals surface area (Å²) in [5.41, 5.74) is 7.63. The van der Waals surface area contributed by atoms with Crippen molar-refractivity contribution in [2.24, 2.45) is 5.73 Å². The predicted molar refractivity (Wildman–Crippen MR) is 75.9 cm³/mol. The van der Waals surface area contributed by atoms with Gasteiger partial charge in [-0.1, -0.05) is 19.3 Å². The minimum atomic E-state index is -0.281. The number of hydrogen-bond donors (Lipinski definition) is 1. The van der Waals surface area contributed by atoms with Gasteiger partial charge in [0.05, 0.1) is 0 Å². The molecule has 0 saturated heterocycles. The van der Waals surface area contributed by atoms with E-state index < -0.39 is 0 Å². The van der Waals surface area contributed by atoms with Gasteiger partial charge in [-0.2, -0.15) is 0 Å². The maximum absolute atomic E-state index is 5.88. The van der Waals surface area contributed by atoms with E-state index in [9.17, 15) is 0 Å². The van der Waals surface area contributed by atoms with Crippen LogP contribution in [0.3, 0.4) is 0 Å². The standard InChI is InChI=1S/C15H25N3O/c1-11(16)9-13-10-12(2)17-14(18-13)15(19-3)7-5-4-6-8-15/h10-11H,4-9,16H2,1-3H3. The molecule has 1 unspecified atom stereocenters. The summed E-state index contributed by atoms with van der Waals surface area (Å²) in [5, 5.41) is 0. The highest BCUT2D eigenvalue weighted by molar-refractivity contribution is 5.15. The number of nitrogens with zero attached hydrogens (tertiary/aromatic N) is 2. The van der Waals surface area contributed by atoms with Gasteiger partial charge in [0.15, 0.2) is 5.82 Å². The van der Waals surface area contributed by atoms with Crippen molar-refractivity contribution >= 4 is 0 Å². The molecule has 106 valence electrons. The first-order chi connectivity index (χ1) is 9.05. The van der Waals surface area contributed by atoms with Gasteiger partial charge in [-0.15, -0.1) is 0 Å². The third-order valence-electron chi connectivity index (χ3n) is 3.90. The van der Waals surface area contributed by atoms with Gasteiger partial charge in [0.1, 0.15) is 5.60 Å². The molecule has 0 spiro atoms. The van der Waals surface area contributed by atoms with E-state index in [-0.39, 0.29) is 11.6 Å². The van der Waals surface area contributed by atoms with Gasteiger partial charge < -0.3 is 10.5 Å². The van der Waals surface area contributed by atoms with Gasteiger partial charge in [0.2, 0.25) is 0 Å². The lowest BCUT2D eigenvalue weighted by molar-refractivity contribution is -0.0517. The van der Waals surface area contributed by atoms with Gasteiger partial charge in [0.25, 0.3) is 0 Å². The fourth-order valence-corrected chi connectivity index (χ4v) is 2.91. The first-order valence-corrected chi connectivity index (χ1v) is 7.21. The molecule has 1 atom stereocenters. The predicted octanol–water partition coefficient (Wildman–Crippen LogP) is 2.48. The van der Waals surface area contributed by atoms with E-state index in [0.29, 0.717) is 0 Å². The smallest absolute Gasteiger partial charge is 0.160 e. The normalized spacial score (nSPS) is 20.2. The molecule has 1 aliphatic rings. The van der Waals surface area contributed by atoms with Crippen LogP contribution in [0.15, 0.2) is 6.07 Å². The topological polar surface area (TPSA) is 61.0 Å². The Morgan fingerprint density at radius 2 is 2.00 bits per heavy atom. The van der Waals surface area contributed by atoms with E-state index in [1.165, 1.54) is 19.3 Å². The lowest BCUT2D eigenvalue weighted by Gasteiger charge is -2.34. The Morgan fingerprint density at radius 1 is 1.32 bits per heavy atom. The highest BCUT2D eigenvalue weighted by Crippen LogP contribution is 2.38. The molecule has 1 aromatic heterocycles. The first-order valence-electron chi connectivity index (χ1n) is 7.21. The average Bonchev–Trinajstić information content (AvgIpc) is 2.38. The summed E-state index contributed by atoms with van der Waals surface area (Å²) in [5.74, 6) is 0.852. The van der Waals surface area contributed by atoms with E-state index in [2.05, 4.69) is 4.98 Å². The van der Waals surface area contributed by atoms with E-state index in [1.807, 2.05) is 19.9 Å². The molecule has 1 fully saturated rings. The van der Waals surface area contributed by atoms with Crippen LogP contribution in [-0.2, 0) is 16.8 Å². The van der Waals surface area contributed by atoms with Gasteiger partial charge >= 0.3 is 0 Å². The van der Waals surface area contributed by atoms with Crippen molar-refractivity contribution in [1.29, 1.82) is 0 Å². The van der Waals surface area contributed by atoms with Crippen LogP contribution in [0.4, 0.5) is 0 Å². The van der Waals surface area contributed by atoms with Crippen LogP contribution in [0.2, 0.25) is 0 Å². The second kappa shape index (κ2) is 5.97. The van der Waals surface area contributed by atoms with Crippen molar-refractivity contribution in [3.05, 3.63) is 23.3 Å². The van der Waals surface area contributed by atoms with Crippen LogP contribution in [0.25, 0.3) is 0 Å². The number of rotatable bonds is 4. The number of ether oxygens (including phenoxy) is 1. The molecule has 1 heterocycles. The Kier molecular flexibility index (Phi) is 4.53. The third kappa shape index (κ3) is 3.31. The number of nitrogens with two attached hydrogens (primary N) is 1. The van der Waals surface area contributed by atoms with Crippen molar-refractivity contribution in [1.82, 2.24) is 9.97 Å². The molecule has 19 heavy (non-hydrogen) atoms. The van der Waals surface area contributed by atoms with Crippen LogP contribution in [-0.4, -0.2) is 23.1 Å². The van der Waals surface area contributed by atoms with Crippen molar-refractivity contribution < 1.29 is 4.74 Å². The number of methoxy groups -OCH3 is 1. The molecular formula is C15H25N3O. The van der Waals surface area contributed by atoms with Crippen molar-refractivity contribution in [3.8, 4) is 0 Å². The number of aryl methyl sites for hydroxylation is 1. The summed E-state index contributed by atoms with van der Waals surface area (Å²) >= 11 is 0. The van der Waals surface area contributed by atoms with Gasteiger partial charge in [-0.3, -0.25) is 0 Å². The summed E-state index contributed by atoms with van der Waals surface area (Å²) in [6.07, 6.45) is 6.48. The number of hydrogen-bond acceptors (Lipinski definition) is 4. The summed E-state index contributed by atoms with van der Waals surface area (Å²) in [6.45, 7) is 4.02. The van der Waals surface area contributed by atoms with Crippen LogP contribution in [0.1, 0.15) is 56.2 Å². The molecule has 1 aromatic rings. The molecule has 0 amide bonds. The van der Waals surface area contributed by atoms with E-state index >= 15 is 0 Å². The molecule has 0 aliphatic heterocycles. The molecule has 2 N–H and O–H groups in total. The van der Waals surface area contributed by atoms with Crippen LogP contribution >= 0.6 is 0 Å². The summed E-state index contributed by atoms with van der Waals surface area (Å²) in [6, 6.07) is 2.14. The molecule has 2 rings (SSSR count). The molecule has 1 aliphatic carbocycles. The summed E-state index contributed by atoms with van der Waals surface area (Å²) in [7, 11) is 1.78. The Labute approximate surface area is 115 Å². The molecule has 1 saturated carbocycles. The Balaban J connectivity index is 2.34. The van der Waals surface area contributed by atoms with E-state index in [1.54, 1.807) is 7.11 Å². The fraction of sp³-hybridized carbons (Fsp3) is 0.733. The Hall–Kier alpha value is -1.00.